The zero-order chi connectivity index (χ0) is 20.7. The highest BCUT2D eigenvalue weighted by Crippen LogP contribution is 2.32. The Labute approximate surface area is 177 Å². The van der Waals surface area contributed by atoms with Crippen LogP contribution in [0.25, 0.3) is 11.0 Å². The number of nitrogens with one attached hydrogen (secondary N) is 2. The molecule has 2 aliphatic heterocycles. The summed E-state index contributed by atoms with van der Waals surface area (Å²) in [5.41, 5.74) is 2.99. The summed E-state index contributed by atoms with van der Waals surface area (Å²) in [7, 11) is 1.66. The predicted octanol–water partition coefficient (Wildman–Crippen LogP) is 2.45. The normalized spacial score (nSPS) is 21.0. The van der Waals surface area contributed by atoms with Crippen LogP contribution in [0, 0.1) is 0 Å². The van der Waals surface area contributed by atoms with Crippen molar-refractivity contribution in [3.8, 4) is 0 Å². The number of likely N-dealkylation sites (N-methyl/N-ethyl adjacent to an activating group) is 1. The minimum absolute atomic E-state index is 0.319. The maximum absolute atomic E-state index is 12.7. The van der Waals surface area contributed by atoms with Crippen molar-refractivity contribution in [2.75, 3.05) is 13.6 Å². The molecule has 0 spiro atoms. The third-order valence-corrected chi connectivity index (χ3v) is 6.27. The number of imidazole rings is 1. The van der Waals surface area contributed by atoms with Crippen molar-refractivity contribution in [3.05, 3.63) is 60.2 Å². The van der Waals surface area contributed by atoms with Gasteiger partial charge in [-0.15, -0.1) is 0 Å². The number of carbonyl (C=O) groups excluding carboxylic acids is 2. The van der Waals surface area contributed by atoms with Crippen molar-refractivity contribution in [2.24, 2.45) is 4.99 Å². The third-order valence-electron chi connectivity index (χ3n) is 5.36. The number of aromatic nitrogens is 2. The molecule has 0 radical (unpaired) electrons. The first-order valence-electron chi connectivity index (χ1n) is 9.69. The van der Waals surface area contributed by atoms with Gasteiger partial charge in [0.2, 0.25) is 0 Å². The first kappa shape index (κ1) is 18.7. The fourth-order valence-corrected chi connectivity index (χ4v) is 4.74. The summed E-state index contributed by atoms with van der Waals surface area (Å²) in [6, 6.07) is 16.9. The van der Waals surface area contributed by atoms with Gasteiger partial charge in [-0.25, -0.2) is 14.8 Å². The summed E-state index contributed by atoms with van der Waals surface area (Å²) in [6.45, 7) is 0.604. The molecule has 8 nitrogen and oxygen atoms in total. The van der Waals surface area contributed by atoms with E-state index in [0.717, 1.165) is 17.5 Å². The van der Waals surface area contributed by atoms with E-state index in [1.54, 1.807) is 7.05 Å². The van der Waals surface area contributed by atoms with E-state index in [1.807, 2.05) is 47.4 Å². The average Bonchev–Trinajstić information content (AvgIpc) is 3.32. The van der Waals surface area contributed by atoms with Crippen LogP contribution in [0.5, 0.6) is 0 Å². The highest BCUT2D eigenvalue weighted by Gasteiger charge is 2.48. The second kappa shape index (κ2) is 7.49. The van der Waals surface area contributed by atoms with Crippen molar-refractivity contribution in [3.63, 3.8) is 0 Å². The van der Waals surface area contributed by atoms with Gasteiger partial charge in [-0.05, 0) is 35.9 Å². The van der Waals surface area contributed by atoms with Gasteiger partial charge in [0.15, 0.2) is 22.5 Å². The second-order valence-corrected chi connectivity index (χ2v) is 8.22. The Balaban J connectivity index is 1.45. The molecule has 2 atom stereocenters. The number of amides is 3. The summed E-state index contributed by atoms with van der Waals surface area (Å²) < 4.78 is 0. The molecule has 3 amide bonds. The molecule has 2 unspecified atom stereocenters. The lowest BCUT2D eigenvalue weighted by Crippen LogP contribution is -2.63. The molecular formula is C21H20N6O2S. The number of carbonyl (C=O) groups is 2. The molecule has 30 heavy (non-hydrogen) atoms. The summed E-state index contributed by atoms with van der Waals surface area (Å²) in [4.78, 5) is 40.9. The number of H-pyrrole nitrogens is 1. The van der Waals surface area contributed by atoms with Gasteiger partial charge >= 0.3 is 6.03 Å². The van der Waals surface area contributed by atoms with E-state index < -0.39 is 18.2 Å². The number of fused-ring (bicyclic) bond motifs is 2. The first-order chi connectivity index (χ1) is 14.6. The molecule has 0 saturated carbocycles. The number of urea groups is 1. The van der Waals surface area contributed by atoms with Crippen LogP contribution in [-0.4, -0.2) is 62.7 Å². The van der Waals surface area contributed by atoms with Gasteiger partial charge in [0.25, 0.3) is 5.91 Å². The molecule has 0 aliphatic carbocycles. The van der Waals surface area contributed by atoms with Gasteiger partial charge in [-0.3, -0.25) is 10.1 Å². The number of hydrogen-bond acceptors (Lipinski definition) is 6. The van der Waals surface area contributed by atoms with Gasteiger partial charge in [-0.1, -0.05) is 42.5 Å². The minimum atomic E-state index is -0.553. The topological polar surface area (TPSA) is 93.7 Å². The molecule has 2 aromatic carbocycles. The fourth-order valence-electron chi connectivity index (χ4n) is 3.78. The minimum Gasteiger partial charge on any atom is -0.335 e. The molecule has 9 heteroatoms. The number of para-hydroxylation sites is 2. The molecule has 1 fully saturated rings. The standard InChI is InChI=1S/C21H20N6O2S/c1-26-17-16(18(28)25-20(26)29)27(12-11-13-7-3-2-4-8-13)21(24-17)30-19-22-14-9-5-6-10-15(14)23-19/h2-10,16-17H,11-12H2,1H3,(H,22,23)(H,25,28,29). The Kier molecular flexibility index (Phi) is 4.66. The zero-order valence-electron chi connectivity index (χ0n) is 16.3. The van der Waals surface area contributed by atoms with Crippen molar-refractivity contribution in [2.45, 2.75) is 23.8 Å². The molecule has 1 saturated heterocycles. The highest BCUT2D eigenvalue weighted by molar-refractivity contribution is 8.13. The lowest BCUT2D eigenvalue weighted by molar-refractivity contribution is -0.127. The Morgan fingerprint density at radius 1 is 1.07 bits per heavy atom. The van der Waals surface area contributed by atoms with Gasteiger partial charge in [0.1, 0.15) is 0 Å². The number of aliphatic imine (C=N–C) groups is 1. The van der Waals surface area contributed by atoms with Gasteiger partial charge in [-0.2, -0.15) is 0 Å². The average molecular weight is 420 g/mol. The molecule has 3 aromatic rings. The number of nitrogens with zero attached hydrogens (tertiary/aromatic N) is 4. The number of benzene rings is 2. The van der Waals surface area contributed by atoms with E-state index >= 15 is 0 Å². The Morgan fingerprint density at radius 3 is 2.63 bits per heavy atom. The molecule has 5 rings (SSSR count). The van der Waals surface area contributed by atoms with Crippen molar-refractivity contribution in [1.29, 1.82) is 0 Å². The third kappa shape index (κ3) is 3.30. The summed E-state index contributed by atoms with van der Waals surface area (Å²) in [5, 5.41) is 3.81. The Hall–Kier alpha value is -3.33. The van der Waals surface area contributed by atoms with Crippen LogP contribution in [0.3, 0.4) is 0 Å². The monoisotopic (exact) mass is 420 g/mol. The predicted molar refractivity (Wildman–Crippen MR) is 115 cm³/mol. The van der Waals surface area contributed by atoms with E-state index in [0.29, 0.717) is 16.9 Å². The van der Waals surface area contributed by atoms with Gasteiger partial charge in [0, 0.05) is 13.6 Å². The van der Waals surface area contributed by atoms with Crippen molar-refractivity contribution < 1.29 is 9.59 Å². The molecule has 3 heterocycles. The van der Waals surface area contributed by atoms with Crippen molar-refractivity contribution >= 4 is 39.9 Å². The van der Waals surface area contributed by atoms with E-state index in [4.69, 9.17) is 4.99 Å². The quantitative estimate of drug-likeness (QED) is 0.676. The Morgan fingerprint density at radius 2 is 1.83 bits per heavy atom. The van der Waals surface area contributed by atoms with Crippen LogP contribution in [0.4, 0.5) is 4.79 Å². The van der Waals surface area contributed by atoms with Crippen LogP contribution >= 0.6 is 11.8 Å². The fraction of sp³-hybridized carbons (Fsp3) is 0.238. The van der Waals surface area contributed by atoms with E-state index in [1.165, 1.54) is 22.2 Å². The number of rotatable bonds is 4. The lowest BCUT2D eigenvalue weighted by atomic mass is 10.1. The Bertz CT molecular complexity index is 1110. The van der Waals surface area contributed by atoms with Gasteiger partial charge in [0.05, 0.1) is 11.0 Å². The van der Waals surface area contributed by atoms with Crippen LogP contribution in [0.15, 0.2) is 64.7 Å². The summed E-state index contributed by atoms with van der Waals surface area (Å²) in [6.07, 6.45) is 0.211. The maximum Gasteiger partial charge on any atom is 0.325 e. The summed E-state index contributed by atoms with van der Waals surface area (Å²) in [5.74, 6) is -0.319. The SMILES string of the molecule is CN1C(=O)NC(=O)C2C1N=C(Sc1nc3ccccc3[nH]1)N2CCc1ccccc1. The summed E-state index contributed by atoms with van der Waals surface area (Å²) >= 11 is 1.38. The number of thioether (sulfide) groups is 1. The number of hydrogen-bond donors (Lipinski definition) is 2. The van der Waals surface area contributed by atoms with Crippen LogP contribution < -0.4 is 5.32 Å². The van der Waals surface area contributed by atoms with E-state index in [9.17, 15) is 9.59 Å². The lowest BCUT2D eigenvalue weighted by Gasteiger charge is -2.36. The maximum atomic E-state index is 12.7. The van der Waals surface area contributed by atoms with Crippen molar-refractivity contribution in [1.82, 2.24) is 25.1 Å². The van der Waals surface area contributed by atoms with Crippen LogP contribution in [0.1, 0.15) is 5.56 Å². The van der Waals surface area contributed by atoms with Gasteiger partial charge < -0.3 is 14.8 Å². The smallest absolute Gasteiger partial charge is 0.325 e. The number of amidine groups is 1. The van der Waals surface area contributed by atoms with E-state index in [-0.39, 0.29) is 5.91 Å². The molecule has 2 N–H and O–H groups in total. The first-order valence-corrected chi connectivity index (χ1v) is 10.5. The largest absolute Gasteiger partial charge is 0.335 e. The molecule has 152 valence electrons. The molecule has 2 aliphatic rings. The second-order valence-electron chi connectivity index (χ2n) is 7.27. The zero-order valence-corrected chi connectivity index (χ0v) is 17.1. The number of aromatic amines is 1. The molecular weight excluding hydrogens is 400 g/mol. The van der Waals surface area contributed by atoms with E-state index in [2.05, 4.69) is 27.4 Å². The highest BCUT2D eigenvalue weighted by atomic mass is 32.2. The molecule has 1 aromatic heterocycles. The van der Waals surface area contributed by atoms with Crippen LogP contribution in [-0.2, 0) is 11.2 Å². The van der Waals surface area contributed by atoms with Crippen LogP contribution in [0.2, 0.25) is 0 Å². The number of imide groups is 1. The molecule has 0 bridgehead atoms.